The predicted molar refractivity (Wildman–Crippen MR) is 78.2 cm³/mol. The number of aromatic nitrogens is 1. The normalized spacial score (nSPS) is 25.2. The van der Waals surface area contributed by atoms with Crippen LogP contribution in [0.1, 0.15) is 6.42 Å². The van der Waals surface area contributed by atoms with Crippen LogP contribution in [0.15, 0.2) is 23.2 Å². The summed E-state index contributed by atoms with van der Waals surface area (Å²) in [5, 5.41) is 0. The predicted octanol–water partition coefficient (Wildman–Crippen LogP) is -0.241. The Morgan fingerprint density at radius 3 is 2.76 bits per heavy atom. The fraction of sp³-hybridized carbons (Fsp3) is 0.615. The molecule has 2 saturated heterocycles. The average molecular weight is 312 g/mol. The summed E-state index contributed by atoms with van der Waals surface area (Å²) in [7, 11) is -3.55. The fourth-order valence-electron chi connectivity index (χ4n) is 2.93. The topological polar surface area (TPSA) is 88.8 Å². The highest BCUT2D eigenvalue weighted by Gasteiger charge is 2.36. The molecule has 7 nitrogen and oxygen atoms in total. The van der Waals surface area contributed by atoms with Gasteiger partial charge in [-0.1, -0.05) is 0 Å². The minimum atomic E-state index is -3.55. The van der Waals surface area contributed by atoms with E-state index in [2.05, 4.69) is 9.88 Å². The zero-order valence-corrected chi connectivity index (χ0v) is 12.6. The van der Waals surface area contributed by atoms with Crippen LogP contribution in [0.5, 0.6) is 0 Å². The Kier molecular flexibility index (Phi) is 4.12. The summed E-state index contributed by atoms with van der Waals surface area (Å²) in [5.74, 6) is 0.0623. The molecule has 3 heterocycles. The highest BCUT2D eigenvalue weighted by molar-refractivity contribution is 7.89. The lowest BCUT2D eigenvalue weighted by Gasteiger charge is -2.32. The van der Waals surface area contributed by atoms with Gasteiger partial charge in [-0.15, -0.1) is 0 Å². The third-order valence-electron chi connectivity index (χ3n) is 4.11. The minimum absolute atomic E-state index is 0.0623. The molecule has 0 bridgehead atoms. The molecule has 1 aromatic rings. The Bertz CT molecular complexity index is 601. The van der Waals surface area contributed by atoms with Gasteiger partial charge < -0.3 is 10.5 Å². The quantitative estimate of drug-likeness (QED) is 0.828. The first-order chi connectivity index (χ1) is 10.1. The highest BCUT2D eigenvalue weighted by atomic mass is 32.2. The van der Waals surface area contributed by atoms with Crippen LogP contribution in [0, 0.1) is 0 Å². The van der Waals surface area contributed by atoms with Crippen molar-refractivity contribution < 1.29 is 13.2 Å². The number of sulfonamides is 1. The van der Waals surface area contributed by atoms with E-state index in [1.165, 1.54) is 16.6 Å². The molecule has 0 spiro atoms. The molecule has 0 amide bonds. The lowest BCUT2D eigenvalue weighted by molar-refractivity contribution is 0.0197. The van der Waals surface area contributed by atoms with Gasteiger partial charge in [-0.3, -0.25) is 4.90 Å². The molecule has 2 fully saturated rings. The molecule has 3 rings (SSSR count). The first kappa shape index (κ1) is 14.7. The number of nitrogens with two attached hydrogens (primary N) is 1. The second-order valence-corrected chi connectivity index (χ2v) is 7.25. The summed E-state index contributed by atoms with van der Waals surface area (Å²) in [4.78, 5) is 6.29. The van der Waals surface area contributed by atoms with Gasteiger partial charge in [0, 0.05) is 38.4 Å². The van der Waals surface area contributed by atoms with Crippen LogP contribution in [-0.2, 0) is 14.8 Å². The number of nitrogens with zero attached hydrogens (tertiary/aromatic N) is 3. The number of ether oxygens (including phenoxy) is 1. The first-order valence-electron chi connectivity index (χ1n) is 7.11. The lowest BCUT2D eigenvalue weighted by Crippen LogP contribution is -2.45. The lowest BCUT2D eigenvalue weighted by atomic mass is 10.2. The summed E-state index contributed by atoms with van der Waals surface area (Å²) in [5.41, 5.74) is 5.71. The Morgan fingerprint density at radius 2 is 2.05 bits per heavy atom. The molecule has 21 heavy (non-hydrogen) atoms. The van der Waals surface area contributed by atoms with Crippen molar-refractivity contribution in [3.63, 3.8) is 0 Å². The van der Waals surface area contributed by atoms with E-state index in [0.29, 0.717) is 13.1 Å². The molecular formula is C13H20N4O3S. The van der Waals surface area contributed by atoms with Crippen molar-refractivity contribution in [2.75, 3.05) is 45.1 Å². The maximum Gasteiger partial charge on any atom is 0.246 e. The van der Waals surface area contributed by atoms with Crippen LogP contribution in [0.25, 0.3) is 0 Å². The molecule has 1 aromatic heterocycles. The molecule has 116 valence electrons. The molecule has 2 aliphatic heterocycles. The highest BCUT2D eigenvalue weighted by Crippen LogP contribution is 2.26. The van der Waals surface area contributed by atoms with E-state index in [9.17, 15) is 8.42 Å². The zero-order valence-electron chi connectivity index (χ0n) is 11.8. The van der Waals surface area contributed by atoms with Crippen molar-refractivity contribution in [1.29, 1.82) is 0 Å². The van der Waals surface area contributed by atoms with Crippen LogP contribution < -0.4 is 5.73 Å². The maximum atomic E-state index is 12.6. The molecule has 0 aliphatic carbocycles. The molecule has 0 aromatic carbocycles. The van der Waals surface area contributed by atoms with Crippen LogP contribution in [-0.4, -0.2) is 68.0 Å². The van der Waals surface area contributed by atoms with Crippen molar-refractivity contribution in [3.8, 4) is 0 Å². The molecule has 0 saturated carbocycles. The van der Waals surface area contributed by atoms with E-state index in [0.717, 1.165) is 32.7 Å². The molecular weight excluding hydrogens is 292 g/mol. The Balaban J connectivity index is 1.74. The number of pyridine rings is 1. The van der Waals surface area contributed by atoms with Gasteiger partial charge in [0.05, 0.1) is 13.2 Å². The van der Waals surface area contributed by atoms with Crippen molar-refractivity contribution in [1.82, 2.24) is 14.2 Å². The van der Waals surface area contributed by atoms with Gasteiger partial charge >= 0.3 is 0 Å². The average Bonchev–Trinajstić information content (AvgIpc) is 2.99. The van der Waals surface area contributed by atoms with E-state index in [-0.39, 0.29) is 16.8 Å². The molecule has 0 radical (unpaired) electrons. The number of morpholine rings is 1. The van der Waals surface area contributed by atoms with Crippen molar-refractivity contribution >= 4 is 15.8 Å². The summed E-state index contributed by atoms with van der Waals surface area (Å²) in [6, 6.07) is 3.37. The van der Waals surface area contributed by atoms with Crippen molar-refractivity contribution in [3.05, 3.63) is 18.3 Å². The second-order valence-electron chi connectivity index (χ2n) is 5.34. The van der Waals surface area contributed by atoms with Crippen LogP contribution in [0.2, 0.25) is 0 Å². The van der Waals surface area contributed by atoms with Crippen LogP contribution >= 0.6 is 0 Å². The fourth-order valence-corrected chi connectivity index (χ4v) is 4.49. The molecule has 8 heteroatoms. The Morgan fingerprint density at radius 1 is 1.29 bits per heavy atom. The third-order valence-corrected chi connectivity index (χ3v) is 6.02. The van der Waals surface area contributed by atoms with E-state index in [4.69, 9.17) is 10.5 Å². The smallest absolute Gasteiger partial charge is 0.246 e. The van der Waals surface area contributed by atoms with Gasteiger partial charge in [-0.25, -0.2) is 13.4 Å². The van der Waals surface area contributed by atoms with Crippen molar-refractivity contribution in [2.45, 2.75) is 17.4 Å². The van der Waals surface area contributed by atoms with E-state index in [1.54, 1.807) is 6.07 Å². The summed E-state index contributed by atoms with van der Waals surface area (Å²) >= 11 is 0. The van der Waals surface area contributed by atoms with E-state index < -0.39 is 10.0 Å². The Hall–Kier alpha value is -1.22. The van der Waals surface area contributed by atoms with Gasteiger partial charge in [-0.2, -0.15) is 4.31 Å². The zero-order chi connectivity index (χ0) is 14.9. The largest absolute Gasteiger partial charge is 0.383 e. The summed E-state index contributed by atoms with van der Waals surface area (Å²) < 4.78 is 32.1. The van der Waals surface area contributed by atoms with E-state index in [1.807, 2.05) is 0 Å². The third kappa shape index (κ3) is 2.89. The minimum Gasteiger partial charge on any atom is -0.383 e. The van der Waals surface area contributed by atoms with Gasteiger partial charge in [0.25, 0.3) is 0 Å². The molecule has 2 N–H and O–H groups in total. The van der Waals surface area contributed by atoms with Crippen LogP contribution in [0.3, 0.4) is 0 Å². The van der Waals surface area contributed by atoms with E-state index >= 15 is 0 Å². The number of hydrogen-bond donors (Lipinski definition) is 1. The number of anilines is 1. The molecule has 1 atom stereocenters. The van der Waals surface area contributed by atoms with Gasteiger partial charge in [0.15, 0.2) is 0 Å². The molecule has 1 unspecified atom stereocenters. The summed E-state index contributed by atoms with van der Waals surface area (Å²) in [6.07, 6.45) is 2.34. The van der Waals surface area contributed by atoms with Gasteiger partial charge in [0.1, 0.15) is 10.7 Å². The maximum absolute atomic E-state index is 12.6. The monoisotopic (exact) mass is 312 g/mol. The van der Waals surface area contributed by atoms with Gasteiger partial charge in [0.2, 0.25) is 10.0 Å². The SMILES string of the molecule is Nc1ncccc1S(=O)(=O)N1CCC(N2CCOCC2)C1. The number of hydrogen-bond acceptors (Lipinski definition) is 6. The van der Waals surface area contributed by atoms with Crippen molar-refractivity contribution in [2.24, 2.45) is 0 Å². The number of nitrogen functional groups attached to an aromatic ring is 1. The standard InChI is InChI=1S/C13H20N4O3S/c14-13-12(2-1-4-15-13)21(18,19)17-5-3-11(10-17)16-6-8-20-9-7-16/h1-2,4,11H,3,5-10H2,(H2,14,15). The number of rotatable bonds is 3. The Labute approximate surface area is 124 Å². The first-order valence-corrected chi connectivity index (χ1v) is 8.55. The summed E-state index contributed by atoms with van der Waals surface area (Å²) in [6.45, 7) is 4.22. The second kappa shape index (κ2) is 5.88. The van der Waals surface area contributed by atoms with Gasteiger partial charge in [-0.05, 0) is 18.6 Å². The van der Waals surface area contributed by atoms with Crippen LogP contribution in [0.4, 0.5) is 5.82 Å². The molecule has 2 aliphatic rings.